The summed E-state index contributed by atoms with van der Waals surface area (Å²) in [6, 6.07) is 0. The van der Waals surface area contributed by atoms with Crippen molar-refractivity contribution in [2.24, 2.45) is 0 Å². The Kier molecular flexibility index (Phi) is 4.83. The van der Waals surface area contributed by atoms with E-state index >= 15 is 0 Å². The van der Waals surface area contributed by atoms with Crippen LogP contribution in [0.1, 0.15) is 0 Å². The third-order valence-corrected chi connectivity index (χ3v) is 7.67. The van der Waals surface area contributed by atoms with Gasteiger partial charge in [0.2, 0.25) is 0 Å². The molecule has 0 atom stereocenters. The van der Waals surface area contributed by atoms with Crippen molar-refractivity contribution in [1.82, 2.24) is 4.90 Å². The fourth-order valence-corrected chi connectivity index (χ4v) is 5.87. The molecule has 0 amide bonds. The van der Waals surface area contributed by atoms with E-state index in [0.29, 0.717) is 0 Å². The Morgan fingerprint density at radius 3 is 1.04 bits per heavy atom. The van der Waals surface area contributed by atoms with E-state index in [2.05, 4.69) is 0 Å². The molecule has 0 N–H and O–H groups in total. The Balaban J connectivity index is 7.93. The molecule has 0 aliphatic heterocycles. The summed E-state index contributed by atoms with van der Waals surface area (Å²) < 4.78 is 172. The van der Waals surface area contributed by atoms with Gasteiger partial charge in [-0.05, 0) is 0 Å². The SMILES string of the molecule is CN(C)C(=[N+](C)C)[P-](F)(F)(F)(C(F)(F)C(F)(F)F)C(F)(F)C(F)(F)F. The third kappa shape index (κ3) is 2.40. The summed E-state index contributed by atoms with van der Waals surface area (Å²) in [5, 5.41) is 0. The fraction of sp³-hybridized carbons (Fsp3) is 0.889. The number of nitrogens with zero attached hydrogens (tertiary/aromatic N) is 2. The van der Waals surface area contributed by atoms with Gasteiger partial charge >= 0.3 is 130 Å². The maximum absolute atomic E-state index is 14.6. The Morgan fingerprint density at radius 1 is 0.680 bits per heavy atom. The third-order valence-electron chi connectivity index (χ3n) is 3.11. The number of hydrogen-bond donors (Lipinski definition) is 0. The molecule has 0 bridgehead atoms. The van der Waals surface area contributed by atoms with Crippen LogP contribution in [0.4, 0.5) is 56.5 Å². The molecule has 0 aromatic rings. The maximum atomic E-state index is 14.6. The first-order valence-corrected chi connectivity index (χ1v) is 8.16. The van der Waals surface area contributed by atoms with Crippen LogP contribution in [0, 0.1) is 0 Å². The molecule has 0 fully saturated rings. The van der Waals surface area contributed by atoms with Gasteiger partial charge in [0.05, 0.1) is 0 Å². The van der Waals surface area contributed by atoms with E-state index in [4.69, 9.17) is 0 Å². The molecule has 0 aromatic heterocycles. The molecule has 0 aliphatic carbocycles. The van der Waals surface area contributed by atoms with Crippen LogP contribution in [0.2, 0.25) is 0 Å². The Morgan fingerprint density at radius 2 is 0.920 bits per heavy atom. The quantitative estimate of drug-likeness (QED) is 0.197. The standard InChI is InChI=1S/C9H12F13N2P/c1-23(2)5(24(3)4)25(20,21,22,8(16,17)6(10,11)12)9(18,19)7(13,14)15/h1-4H3. The molecule has 0 rings (SSSR count). The van der Waals surface area contributed by atoms with E-state index < -0.39 is 45.6 Å². The molecule has 0 heterocycles. The zero-order valence-electron chi connectivity index (χ0n) is 12.8. The molecular weight excluding hydrogens is 414 g/mol. The number of amidine groups is 1. The van der Waals surface area contributed by atoms with Crippen LogP contribution in [0.15, 0.2) is 0 Å². The zero-order valence-corrected chi connectivity index (χ0v) is 13.6. The van der Waals surface area contributed by atoms with Gasteiger partial charge in [-0.15, -0.1) is 0 Å². The van der Waals surface area contributed by atoms with Gasteiger partial charge in [-0.1, -0.05) is 0 Å². The van der Waals surface area contributed by atoms with Crippen LogP contribution in [0.25, 0.3) is 0 Å². The van der Waals surface area contributed by atoms with E-state index in [1.165, 1.54) is 0 Å². The van der Waals surface area contributed by atoms with Crippen LogP contribution in [0.3, 0.4) is 0 Å². The van der Waals surface area contributed by atoms with Gasteiger partial charge in [0.15, 0.2) is 0 Å². The van der Waals surface area contributed by atoms with Crippen LogP contribution < -0.4 is 0 Å². The van der Waals surface area contributed by atoms with Gasteiger partial charge < -0.3 is 0 Å². The molecule has 0 unspecified atom stereocenters. The average molecular weight is 426 g/mol. The summed E-state index contributed by atoms with van der Waals surface area (Å²) in [5.74, 6) is 0. The topological polar surface area (TPSA) is 6.25 Å². The van der Waals surface area contributed by atoms with E-state index in [9.17, 15) is 56.5 Å². The molecule has 25 heavy (non-hydrogen) atoms. The summed E-state index contributed by atoms with van der Waals surface area (Å²) in [7, 11) is 0.435. The molecule has 0 spiro atoms. The minimum absolute atomic E-state index is 0.109. The fourth-order valence-electron chi connectivity index (χ4n) is 2.22. The molecule has 0 aromatic carbocycles. The summed E-state index contributed by atoms with van der Waals surface area (Å²) >= 11 is 0. The van der Waals surface area contributed by atoms with Crippen LogP contribution in [-0.4, -0.2) is 66.9 Å². The molecular formula is C9H12F13N2P. The van der Waals surface area contributed by atoms with Crippen molar-refractivity contribution < 1.29 is 61.1 Å². The van der Waals surface area contributed by atoms with Crippen molar-refractivity contribution in [3.63, 3.8) is 0 Å². The first-order valence-electron chi connectivity index (χ1n) is 5.80. The number of rotatable bonds is 3. The molecule has 0 radical (unpaired) electrons. The Bertz CT molecular complexity index is 553. The second-order valence-electron chi connectivity index (χ2n) is 5.45. The van der Waals surface area contributed by atoms with Crippen molar-refractivity contribution in [3.8, 4) is 0 Å². The monoisotopic (exact) mass is 426 g/mol. The molecule has 0 saturated carbocycles. The first-order chi connectivity index (χ1) is 10.3. The summed E-state index contributed by atoms with van der Waals surface area (Å²) in [4.78, 5) is -0.685. The van der Waals surface area contributed by atoms with Crippen molar-refractivity contribution in [1.29, 1.82) is 0 Å². The van der Waals surface area contributed by atoms with Crippen molar-refractivity contribution in [3.05, 3.63) is 0 Å². The van der Waals surface area contributed by atoms with Crippen molar-refractivity contribution >= 4 is 12.5 Å². The predicted molar refractivity (Wildman–Crippen MR) is 63.1 cm³/mol. The first kappa shape index (κ1) is 24.0. The normalized spacial score (nSPS) is 17.6. The molecule has 0 aliphatic rings. The van der Waals surface area contributed by atoms with Crippen LogP contribution >= 0.6 is 6.88 Å². The van der Waals surface area contributed by atoms with Crippen molar-refractivity contribution in [2.45, 2.75) is 23.7 Å². The van der Waals surface area contributed by atoms with Gasteiger partial charge in [0.25, 0.3) is 0 Å². The molecule has 0 saturated heterocycles. The number of halogens is 13. The summed E-state index contributed by atoms with van der Waals surface area (Å²) in [5.41, 5.74) is -20.2. The second-order valence-corrected chi connectivity index (χ2v) is 9.55. The van der Waals surface area contributed by atoms with Gasteiger partial charge in [0, 0.05) is 0 Å². The minimum atomic E-state index is -12.7. The second kappa shape index (κ2) is 5.03. The Hall–Kier alpha value is -1.01. The summed E-state index contributed by atoms with van der Waals surface area (Å²) in [6.45, 7) is -12.7. The average Bonchev–Trinajstić information content (AvgIpc) is 2.22. The molecule has 16 heteroatoms. The number of alkyl halides is 10. The summed E-state index contributed by atoms with van der Waals surface area (Å²) in [6.07, 6.45) is -15.5. The van der Waals surface area contributed by atoms with Gasteiger partial charge in [0.1, 0.15) is 0 Å². The van der Waals surface area contributed by atoms with E-state index in [1.54, 1.807) is 0 Å². The Labute approximate surface area is 131 Å². The molecule has 2 nitrogen and oxygen atoms in total. The van der Waals surface area contributed by atoms with Gasteiger partial charge in [-0.3, -0.25) is 0 Å². The van der Waals surface area contributed by atoms with E-state index in [0.717, 1.165) is 0 Å². The van der Waals surface area contributed by atoms with Gasteiger partial charge in [-0.25, -0.2) is 0 Å². The van der Waals surface area contributed by atoms with Gasteiger partial charge in [-0.2, -0.15) is 0 Å². The zero-order chi connectivity index (χ0) is 21.1. The van der Waals surface area contributed by atoms with Crippen molar-refractivity contribution in [2.75, 3.05) is 28.2 Å². The van der Waals surface area contributed by atoms with Crippen LogP contribution in [-0.2, 0) is 0 Å². The molecule has 154 valence electrons. The van der Waals surface area contributed by atoms with E-state index in [1.807, 2.05) is 0 Å². The number of hydrogen-bond acceptors (Lipinski definition) is 0. The van der Waals surface area contributed by atoms with E-state index in [-0.39, 0.29) is 28.2 Å². The predicted octanol–water partition coefficient (Wildman–Crippen LogP) is 5.23. The van der Waals surface area contributed by atoms with Crippen LogP contribution in [0.5, 0.6) is 0 Å².